The van der Waals surface area contributed by atoms with E-state index in [-0.39, 0.29) is 17.5 Å². The van der Waals surface area contributed by atoms with Gasteiger partial charge in [0.2, 0.25) is 0 Å². The maximum Gasteiger partial charge on any atom is 0.383 e. The van der Waals surface area contributed by atoms with Gasteiger partial charge in [0, 0.05) is 0 Å². The summed E-state index contributed by atoms with van der Waals surface area (Å²) in [6, 6.07) is 9.66. The Morgan fingerprint density at radius 1 is 1.06 bits per heavy atom. The molecule has 1 fully saturated rings. The van der Waals surface area contributed by atoms with Gasteiger partial charge in [0.05, 0.1) is 12.2 Å². The number of alkyl halides is 2. The quantitative estimate of drug-likeness (QED) is 0.283. The van der Waals surface area contributed by atoms with Crippen molar-refractivity contribution in [3.8, 4) is 6.07 Å². The standard InChI is InChI=1S/C27H29F4NO/c1-2-3-4-5-19-6-8-21(9-7-19)22-10-12-23(13-11-22)27(30,31)33-15-14-20-16-25(28)24(18-32)26(29)17-20/h2-3,10-13,16-17,19,21H,4-9,14-15H2,1H3/b3-2+/t19-,21-. The van der Waals surface area contributed by atoms with E-state index < -0.39 is 29.9 Å². The van der Waals surface area contributed by atoms with Crippen molar-refractivity contribution < 1.29 is 22.3 Å². The molecule has 0 atom stereocenters. The van der Waals surface area contributed by atoms with Crippen LogP contribution in [0.15, 0.2) is 48.6 Å². The zero-order chi connectivity index (χ0) is 23.8. The summed E-state index contributed by atoms with van der Waals surface area (Å²) >= 11 is 0. The van der Waals surface area contributed by atoms with Gasteiger partial charge in [-0.25, -0.2) is 8.78 Å². The van der Waals surface area contributed by atoms with Gasteiger partial charge in [-0.05, 0) is 87.0 Å². The number of benzene rings is 2. The van der Waals surface area contributed by atoms with Crippen molar-refractivity contribution in [1.29, 1.82) is 5.26 Å². The van der Waals surface area contributed by atoms with Gasteiger partial charge < -0.3 is 4.74 Å². The Morgan fingerprint density at radius 3 is 2.27 bits per heavy atom. The third kappa shape index (κ3) is 6.68. The first-order valence-electron chi connectivity index (χ1n) is 11.5. The summed E-state index contributed by atoms with van der Waals surface area (Å²) in [6.07, 6.45) is 7.48. The number of hydrogen-bond acceptors (Lipinski definition) is 2. The highest BCUT2D eigenvalue weighted by molar-refractivity contribution is 5.35. The predicted molar refractivity (Wildman–Crippen MR) is 120 cm³/mol. The van der Waals surface area contributed by atoms with Gasteiger partial charge in [-0.15, -0.1) is 0 Å². The highest BCUT2D eigenvalue weighted by atomic mass is 19.3. The Morgan fingerprint density at radius 2 is 1.70 bits per heavy atom. The van der Waals surface area contributed by atoms with Crippen molar-refractivity contribution in [2.24, 2.45) is 5.92 Å². The van der Waals surface area contributed by atoms with Crippen LogP contribution in [0.3, 0.4) is 0 Å². The monoisotopic (exact) mass is 459 g/mol. The van der Waals surface area contributed by atoms with Crippen LogP contribution in [-0.4, -0.2) is 6.61 Å². The van der Waals surface area contributed by atoms with E-state index in [0.717, 1.165) is 42.9 Å². The zero-order valence-electron chi connectivity index (χ0n) is 18.8. The van der Waals surface area contributed by atoms with Crippen molar-refractivity contribution >= 4 is 0 Å². The lowest BCUT2D eigenvalue weighted by Gasteiger charge is -2.29. The molecular weight excluding hydrogens is 430 g/mol. The van der Waals surface area contributed by atoms with Crippen LogP contribution in [-0.2, 0) is 17.3 Å². The van der Waals surface area contributed by atoms with Crippen molar-refractivity contribution in [3.05, 3.63) is 82.4 Å². The molecule has 0 heterocycles. The summed E-state index contributed by atoms with van der Waals surface area (Å²) < 4.78 is 61.1. The molecule has 0 aromatic heterocycles. The Kier molecular flexibility index (Phi) is 8.68. The second-order valence-corrected chi connectivity index (χ2v) is 8.65. The zero-order valence-corrected chi connectivity index (χ0v) is 18.8. The normalized spacial score (nSPS) is 19.0. The van der Waals surface area contributed by atoms with Crippen LogP contribution in [0.4, 0.5) is 17.6 Å². The van der Waals surface area contributed by atoms with Crippen LogP contribution in [0.5, 0.6) is 0 Å². The SMILES string of the molecule is C/C=C/CC[C@H]1CC[C@H](c2ccc(C(F)(F)OCCc3cc(F)c(C#N)c(F)c3)cc2)CC1. The number of nitrogens with zero attached hydrogens (tertiary/aromatic N) is 1. The smallest absolute Gasteiger partial charge is 0.316 e. The number of allylic oxidation sites excluding steroid dienone is 2. The summed E-state index contributed by atoms with van der Waals surface area (Å²) in [5, 5.41) is 8.70. The van der Waals surface area contributed by atoms with Gasteiger partial charge in [0.15, 0.2) is 0 Å². The van der Waals surface area contributed by atoms with Crippen molar-refractivity contribution in [1.82, 2.24) is 0 Å². The summed E-state index contributed by atoms with van der Waals surface area (Å²) in [7, 11) is 0. The largest absolute Gasteiger partial charge is 0.383 e. The molecule has 0 radical (unpaired) electrons. The molecule has 0 bridgehead atoms. The molecule has 2 aromatic rings. The van der Waals surface area contributed by atoms with E-state index in [4.69, 9.17) is 10.00 Å². The molecular formula is C27H29F4NO. The highest BCUT2D eigenvalue weighted by Gasteiger charge is 2.33. The van der Waals surface area contributed by atoms with Crippen molar-refractivity contribution in [3.63, 3.8) is 0 Å². The third-order valence-electron chi connectivity index (χ3n) is 6.43. The first-order valence-corrected chi connectivity index (χ1v) is 11.5. The van der Waals surface area contributed by atoms with Crippen LogP contribution in [0.1, 0.15) is 73.6 Å². The van der Waals surface area contributed by atoms with E-state index in [1.807, 2.05) is 6.92 Å². The second kappa shape index (κ2) is 11.5. The predicted octanol–water partition coefficient (Wildman–Crippen LogP) is 7.78. The molecule has 1 aliphatic rings. The lowest BCUT2D eigenvalue weighted by Crippen LogP contribution is -2.20. The number of nitriles is 1. The molecule has 0 N–H and O–H groups in total. The van der Waals surface area contributed by atoms with Gasteiger partial charge in [0.25, 0.3) is 0 Å². The van der Waals surface area contributed by atoms with Gasteiger partial charge in [0.1, 0.15) is 23.3 Å². The van der Waals surface area contributed by atoms with Gasteiger partial charge in [-0.3, -0.25) is 0 Å². The Hall–Kier alpha value is -2.65. The van der Waals surface area contributed by atoms with Crippen LogP contribution in [0, 0.1) is 28.9 Å². The molecule has 2 aromatic carbocycles. The van der Waals surface area contributed by atoms with Crippen LogP contribution < -0.4 is 0 Å². The maximum absolute atomic E-state index is 14.5. The minimum absolute atomic E-state index is 0.107. The number of ether oxygens (including phenoxy) is 1. The number of rotatable bonds is 9. The molecule has 0 aliphatic heterocycles. The highest BCUT2D eigenvalue weighted by Crippen LogP contribution is 2.38. The molecule has 0 amide bonds. The van der Waals surface area contributed by atoms with Crippen LogP contribution in [0.2, 0.25) is 0 Å². The molecule has 0 spiro atoms. The molecule has 33 heavy (non-hydrogen) atoms. The fraction of sp³-hybridized carbons (Fsp3) is 0.444. The summed E-state index contributed by atoms with van der Waals surface area (Å²) in [5.41, 5.74) is 0.289. The fourth-order valence-corrected chi connectivity index (χ4v) is 4.49. The second-order valence-electron chi connectivity index (χ2n) is 8.65. The first kappa shape index (κ1) is 25.0. The Labute approximate surface area is 192 Å². The van der Waals surface area contributed by atoms with Gasteiger partial charge in [-0.1, -0.05) is 36.4 Å². The average Bonchev–Trinajstić information content (AvgIpc) is 2.80. The van der Waals surface area contributed by atoms with Crippen LogP contribution >= 0.6 is 0 Å². The topological polar surface area (TPSA) is 33.0 Å². The summed E-state index contributed by atoms with van der Waals surface area (Å²) in [4.78, 5) is 0. The molecule has 0 saturated heterocycles. The molecule has 3 rings (SSSR count). The number of hydrogen-bond donors (Lipinski definition) is 0. The van der Waals surface area contributed by atoms with E-state index in [1.54, 1.807) is 12.1 Å². The minimum Gasteiger partial charge on any atom is -0.316 e. The lowest BCUT2D eigenvalue weighted by molar-refractivity contribution is -0.248. The van der Waals surface area contributed by atoms with Gasteiger partial charge >= 0.3 is 6.11 Å². The average molecular weight is 460 g/mol. The van der Waals surface area contributed by atoms with Crippen molar-refractivity contribution in [2.75, 3.05) is 6.61 Å². The maximum atomic E-state index is 14.5. The van der Waals surface area contributed by atoms with Crippen LogP contribution in [0.25, 0.3) is 0 Å². The van der Waals surface area contributed by atoms with Crippen molar-refractivity contribution in [2.45, 2.75) is 63.9 Å². The van der Waals surface area contributed by atoms with E-state index in [1.165, 1.54) is 37.5 Å². The summed E-state index contributed by atoms with van der Waals surface area (Å²) in [6.45, 7) is 1.61. The molecule has 0 unspecified atom stereocenters. The number of halogens is 4. The first-order chi connectivity index (χ1) is 15.8. The summed E-state index contributed by atoms with van der Waals surface area (Å²) in [5.74, 6) is -0.886. The van der Waals surface area contributed by atoms with Gasteiger partial charge in [-0.2, -0.15) is 14.0 Å². The van der Waals surface area contributed by atoms with E-state index in [9.17, 15) is 17.6 Å². The third-order valence-corrected chi connectivity index (χ3v) is 6.43. The molecule has 1 aliphatic carbocycles. The molecule has 176 valence electrons. The lowest BCUT2D eigenvalue weighted by atomic mass is 9.77. The molecule has 1 saturated carbocycles. The Balaban J connectivity index is 1.52. The Bertz CT molecular complexity index is 963. The van der Waals surface area contributed by atoms with E-state index in [2.05, 4.69) is 12.2 Å². The van der Waals surface area contributed by atoms with E-state index in [0.29, 0.717) is 5.92 Å². The fourth-order valence-electron chi connectivity index (χ4n) is 4.49. The molecule has 6 heteroatoms. The minimum atomic E-state index is -3.51. The molecule has 2 nitrogen and oxygen atoms in total. The van der Waals surface area contributed by atoms with E-state index >= 15 is 0 Å².